The van der Waals surface area contributed by atoms with Gasteiger partial charge in [-0.15, -0.1) is 0 Å². The maximum absolute atomic E-state index is 12.5. The highest BCUT2D eigenvalue weighted by Crippen LogP contribution is 2.27. The Hall–Kier alpha value is -2.04. The molecule has 100 valence electrons. The normalized spacial score (nSPS) is 11.1. The lowest BCUT2D eigenvalue weighted by atomic mass is 10.1. The lowest BCUT2D eigenvalue weighted by molar-refractivity contribution is 0.0699. The van der Waals surface area contributed by atoms with Crippen molar-refractivity contribution in [1.82, 2.24) is 4.98 Å². The van der Waals surface area contributed by atoms with Crippen LogP contribution in [-0.4, -0.2) is 16.1 Å². The molecule has 0 aliphatic carbocycles. The molecule has 0 amide bonds. The van der Waals surface area contributed by atoms with Gasteiger partial charge in [-0.25, -0.2) is 4.79 Å². The number of fused-ring (bicyclic) bond motifs is 2. The molecule has 0 saturated heterocycles. The molecule has 0 atom stereocenters. The zero-order chi connectivity index (χ0) is 14.4. The number of para-hydroxylation sites is 1. The van der Waals surface area contributed by atoms with Crippen molar-refractivity contribution in [2.75, 3.05) is 0 Å². The summed E-state index contributed by atoms with van der Waals surface area (Å²) in [5.74, 6) is -1.11. The number of aromatic carboxylic acids is 1. The highest BCUT2D eigenvalue weighted by molar-refractivity contribution is 6.38. The average molecular weight is 308 g/mol. The standard InChI is InChI=1S/C14H7Cl2NO3/c15-6-4-9(16)11-10(5-6)17-12-7(13(11)18)2-1-3-8(12)14(19)20/h1-5H,(H,17,18)(H,19,20). The minimum Gasteiger partial charge on any atom is -0.478 e. The molecule has 20 heavy (non-hydrogen) atoms. The van der Waals surface area contributed by atoms with E-state index in [-0.39, 0.29) is 26.9 Å². The number of aromatic nitrogens is 1. The van der Waals surface area contributed by atoms with E-state index in [9.17, 15) is 14.7 Å². The lowest BCUT2D eigenvalue weighted by Crippen LogP contribution is -2.08. The Labute approximate surface area is 122 Å². The van der Waals surface area contributed by atoms with E-state index in [1.807, 2.05) is 0 Å². The number of hydrogen-bond acceptors (Lipinski definition) is 2. The number of carbonyl (C=O) groups is 1. The Kier molecular flexibility index (Phi) is 2.92. The SMILES string of the molecule is O=C(O)c1cccc2c(=O)c3c(Cl)cc(Cl)cc3[nH]c12. The summed E-state index contributed by atoms with van der Waals surface area (Å²) in [7, 11) is 0. The van der Waals surface area contributed by atoms with Gasteiger partial charge in [0.2, 0.25) is 0 Å². The molecule has 0 aliphatic heterocycles. The Morgan fingerprint density at radius 3 is 2.65 bits per heavy atom. The summed E-state index contributed by atoms with van der Waals surface area (Å²) in [5, 5.41) is 10.4. The monoisotopic (exact) mass is 307 g/mol. The van der Waals surface area contributed by atoms with E-state index < -0.39 is 5.97 Å². The third-order valence-electron chi connectivity index (χ3n) is 3.08. The Balaban J connectivity index is 2.61. The summed E-state index contributed by atoms with van der Waals surface area (Å²) in [5.41, 5.74) is 0.376. The van der Waals surface area contributed by atoms with Gasteiger partial charge in [-0.3, -0.25) is 4.79 Å². The highest BCUT2D eigenvalue weighted by atomic mass is 35.5. The molecule has 0 radical (unpaired) electrons. The molecule has 0 fully saturated rings. The molecule has 3 aromatic rings. The van der Waals surface area contributed by atoms with Crippen molar-refractivity contribution in [2.45, 2.75) is 0 Å². The summed E-state index contributed by atoms with van der Waals surface area (Å²) >= 11 is 12.0. The smallest absolute Gasteiger partial charge is 0.337 e. The summed E-state index contributed by atoms with van der Waals surface area (Å²) in [6.45, 7) is 0. The predicted octanol–water partition coefficient (Wildman–Crippen LogP) is 3.69. The van der Waals surface area contributed by atoms with E-state index in [2.05, 4.69) is 4.98 Å². The fourth-order valence-corrected chi connectivity index (χ4v) is 2.81. The summed E-state index contributed by atoms with van der Waals surface area (Å²) in [6, 6.07) is 7.54. The fourth-order valence-electron chi connectivity index (χ4n) is 2.23. The Morgan fingerprint density at radius 1 is 1.20 bits per heavy atom. The first-order valence-electron chi connectivity index (χ1n) is 5.66. The van der Waals surface area contributed by atoms with Gasteiger partial charge in [-0.2, -0.15) is 0 Å². The van der Waals surface area contributed by atoms with E-state index in [1.54, 1.807) is 12.1 Å². The lowest BCUT2D eigenvalue weighted by Gasteiger charge is -2.07. The number of halogens is 2. The molecule has 0 aliphatic rings. The second kappa shape index (κ2) is 4.51. The van der Waals surface area contributed by atoms with Crippen LogP contribution in [0.4, 0.5) is 0 Å². The van der Waals surface area contributed by atoms with Crippen LogP contribution in [0.2, 0.25) is 10.0 Å². The molecule has 0 unspecified atom stereocenters. The van der Waals surface area contributed by atoms with Crippen LogP contribution in [0.3, 0.4) is 0 Å². The van der Waals surface area contributed by atoms with Crippen LogP contribution < -0.4 is 5.43 Å². The number of carboxylic acids is 1. The van der Waals surface area contributed by atoms with Crippen LogP contribution in [-0.2, 0) is 0 Å². The minimum atomic E-state index is -1.11. The van der Waals surface area contributed by atoms with Crippen molar-refractivity contribution in [1.29, 1.82) is 0 Å². The number of pyridine rings is 1. The number of hydrogen-bond donors (Lipinski definition) is 2. The Morgan fingerprint density at radius 2 is 1.95 bits per heavy atom. The van der Waals surface area contributed by atoms with Crippen molar-refractivity contribution < 1.29 is 9.90 Å². The van der Waals surface area contributed by atoms with Gasteiger partial charge in [0.25, 0.3) is 0 Å². The van der Waals surface area contributed by atoms with Crippen molar-refractivity contribution in [3.8, 4) is 0 Å². The van der Waals surface area contributed by atoms with Crippen LogP contribution in [0, 0.1) is 0 Å². The second-order valence-electron chi connectivity index (χ2n) is 4.30. The quantitative estimate of drug-likeness (QED) is 0.674. The van der Waals surface area contributed by atoms with Gasteiger partial charge < -0.3 is 10.1 Å². The van der Waals surface area contributed by atoms with Gasteiger partial charge in [-0.1, -0.05) is 29.3 Å². The van der Waals surface area contributed by atoms with Crippen LogP contribution in [0.25, 0.3) is 21.8 Å². The van der Waals surface area contributed by atoms with Crippen molar-refractivity contribution in [2.24, 2.45) is 0 Å². The molecule has 0 bridgehead atoms. The van der Waals surface area contributed by atoms with Gasteiger partial charge in [0.05, 0.1) is 27.0 Å². The average Bonchev–Trinajstić information content (AvgIpc) is 2.37. The molecule has 2 N–H and O–H groups in total. The number of H-pyrrole nitrogens is 1. The molecular weight excluding hydrogens is 301 g/mol. The number of carboxylic acid groups (broad SMARTS) is 1. The Bertz CT molecular complexity index is 931. The summed E-state index contributed by atoms with van der Waals surface area (Å²) < 4.78 is 0. The largest absolute Gasteiger partial charge is 0.478 e. The van der Waals surface area contributed by atoms with Crippen molar-refractivity contribution in [3.63, 3.8) is 0 Å². The maximum Gasteiger partial charge on any atom is 0.337 e. The van der Waals surface area contributed by atoms with Crippen LogP contribution >= 0.6 is 23.2 Å². The number of nitrogens with one attached hydrogen (secondary N) is 1. The van der Waals surface area contributed by atoms with E-state index in [1.165, 1.54) is 18.2 Å². The van der Waals surface area contributed by atoms with E-state index in [0.717, 1.165) is 0 Å². The molecule has 3 rings (SSSR count). The van der Waals surface area contributed by atoms with Crippen LogP contribution in [0.5, 0.6) is 0 Å². The zero-order valence-electron chi connectivity index (χ0n) is 9.91. The number of benzene rings is 2. The molecular formula is C14H7Cl2NO3. The number of rotatable bonds is 1. The first kappa shape index (κ1) is 13.0. The second-order valence-corrected chi connectivity index (χ2v) is 5.14. The van der Waals surface area contributed by atoms with Gasteiger partial charge in [0.1, 0.15) is 0 Å². The van der Waals surface area contributed by atoms with E-state index in [4.69, 9.17) is 23.2 Å². The number of aromatic amines is 1. The van der Waals surface area contributed by atoms with Crippen molar-refractivity contribution >= 4 is 51.0 Å². The first-order chi connectivity index (χ1) is 9.49. The van der Waals surface area contributed by atoms with Gasteiger partial charge in [0.15, 0.2) is 5.43 Å². The van der Waals surface area contributed by atoms with Gasteiger partial charge >= 0.3 is 5.97 Å². The molecule has 4 nitrogen and oxygen atoms in total. The van der Waals surface area contributed by atoms with Crippen LogP contribution in [0.1, 0.15) is 10.4 Å². The van der Waals surface area contributed by atoms with Crippen molar-refractivity contribution in [3.05, 3.63) is 56.2 Å². The predicted molar refractivity (Wildman–Crippen MR) is 79.1 cm³/mol. The van der Waals surface area contributed by atoms with Gasteiger partial charge in [-0.05, 0) is 24.3 Å². The van der Waals surface area contributed by atoms with Crippen LogP contribution in [0.15, 0.2) is 35.1 Å². The third-order valence-corrected chi connectivity index (χ3v) is 3.60. The zero-order valence-corrected chi connectivity index (χ0v) is 11.4. The maximum atomic E-state index is 12.5. The first-order valence-corrected chi connectivity index (χ1v) is 6.41. The van der Waals surface area contributed by atoms with E-state index >= 15 is 0 Å². The third kappa shape index (κ3) is 1.85. The summed E-state index contributed by atoms with van der Waals surface area (Å²) in [4.78, 5) is 26.6. The van der Waals surface area contributed by atoms with E-state index in [0.29, 0.717) is 15.9 Å². The highest BCUT2D eigenvalue weighted by Gasteiger charge is 2.14. The summed E-state index contributed by atoms with van der Waals surface area (Å²) in [6.07, 6.45) is 0. The molecule has 1 heterocycles. The molecule has 2 aromatic carbocycles. The fraction of sp³-hybridized carbons (Fsp3) is 0. The molecule has 6 heteroatoms. The molecule has 0 saturated carbocycles. The molecule has 1 aromatic heterocycles. The topological polar surface area (TPSA) is 70.2 Å². The minimum absolute atomic E-state index is 0.0256. The van der Waals surface area contributed by atoms with Gasteiger partial charge in [0, 0.05) is 10.4 Å². The molecule has 0 spiro atoms.